The lowest BCUT2D eigenvalue weighted by molar-refractivity contribution is -0.0498. The van der Waals surface area contributed by atoms with Crippen LogP contribution >= 0.6 is 0 Å². The largest absolute Gasteiger partial charge is 0.435 e. The van der Waals surface area contributed by atoms with Gasteiger partial charge >= 0.3 is 6.61 Å². The lowest BCUT2D eigenvalue weighted by atomic mass is 9.57. The Kier molecular flexibility index (Phi) is 6.16. The summed E-state index contributed by atoms with van der Waals surface area (Å²) in [6.07, 6.45) is 7.13. The molecule has 5 heteroatoms. The van der Waals surface area contributed by atoms with Crippen molar-refractivity contribution in [3.63, 3.8) is 0 Å². The van der Waals surface area contributed by atoms with Crippen LogP contribution in [-0.4, -0.2) is 6.61 Å². The van der Waals surface area contributed by atoms with Gasteiger partial charge in [0.2, 0.25) is 0 Å². The van der Waals surface area contributed by atoms with E-state index < -0.39 is 18.2 Å². The van der Waals surface area contributed by atoms with Gasteiger partial charge in [0.1, 0.15) is 17.4 Å². The van der Waals surface area contributed by atoms with E-state index in [1.165, 1.54) is 6.07 Å². The van der Waals surface area contributed by atoms with Gasteiger partial charge in [0.05, 0.1) is 0 Å². The normalized spacial score (nSPS) is 25.5. The topological polar surface area (TPSA) is 9.23 Å². The average Bonchev–Trinajstić information content (AvgIpc) is 2.71. The number of fused-ring (bicyclic) bond motifs is 3. The second kappa shape index (κ2) is 8.83. The summed E-state index contributed by atoms with van der Waals surface area (Å²) in [6.45, 7) is 0.990. The summed E-state index contributed by atoms with van der Waals surface area (Å²) in [5.74, 6) is 0.190. The third-order valence-corrected chi connectivity index (χ3v) is 6.89. The number of rotatable bonds is 6. The minimum absolute atomic E-state index is 0.112. The summed E-state index contributed by atoms with van der Waals surface area (Å²) in [7, 11) is 0. The molecule has 4 atom stereocenters. The zero-order valence-corrected chi connectivity index (χ0v) is 16.8. The van der Waals surface area contributed by atoms with E-state index >= 15 is 0 Å². The van der Waals surface area contributed by atoms with Crippen molar-refractivity contribution >= 4 is 0 Å². The number of ether oxygens (including phenoxy) is 1. The molecule has 2 aromatic rings. The standard InChI is InChI=1S/C25H26F4O/c1-2-3-4-15-7-10-19-21(12-11-20-22(19)13-17(26)14-23(20)27)24(15)16-5-8-18(9-6-16)30-25(28)29/h2,5-6,8-9,13-15,19,21,24-25H,1,3-4,7,10-12H2. The average molecular weight is 418 g/mol. The van der Waals surface area contributed by atoms with Crippen LogP contribution in [0.2, 0.25) is 0 Å². The molecule has 4 unspecified atom stereocenters. The van der Waals surface area contributed by atoms with Crippen molar-refractivity contribution in [1.29, 1.82) is 0 Å². The SMILES string of the molecule is C=CCCC1CCC2c3cc(F)cc(F)c3CCC2C1c1ccc(OC(F)F)cc1. The van der Waals surface area contributed by atoms with Gasteiger partial charge in [0.25, 0.3) is 0 Å². The summed E-state index contributed by atoms with van der Waals surface area (Å²) in [5.41, 5.74) is 2.55. The highest BCUT2D eigenvalue weighted by Crippen LogP contribution is 2.55. The highest BCUT2D eigenvalue weighted by molar-refractivity contribution is 5.39. The van der Waals surface area contributed by atoms with Gasteiger partial charge in [-0.3, -0.25) is 0 Å². The lowest BCUT2D eigenvalue weighted by Gasteiger charge is -2.47. The molecule has 0 amide bonds. The summed E-state index contributed by atoms with van der Waals surface area (Å²) in [4.78, 5) is 0. The van der Waals surface area contributed by atoms with Gasteiger partial charge in [0.15, 0.2) is 0 Å². The summed E-state index contributed by atoms with van der Waals surface area (Å²) in [5, 5.41) is 0. The van der Waals surface area contributed by atoms with Gasteiger partial charge in [0, 0.05) is 6.07 Å². The highest BCUT2D eigenvalue weighted by Gasteiger charge is 2.43. The van der Waals surface area contributed by atoms with Crippen molar-refractivity contribution in [2.75, 3.05) is 0 Å². The summed E-state index contributed by atoms with van der Waals surface area (Å²) < 4.78 is 57.9. The molecule has 0 spiro atoms. The molecule has 0 aromatic heterocycles. The van der Waals surface area contributed by atoms with E-state index in [9.17, 15) is 17.6 Å². The summed E-state index contributed by atoms with van der Waals surface area (Å²) in [6, 6.07) is 9.41. The number of hydrogen-bond acceptors (Lipinski definition) is 1. The zero-order chi connectivity index (χ0) is 21.3. The van der Waals surface area contributed by atoms with Crippen LogP contribution in [0, 0.1) is 23.5 Å². The van der Waals surface area contributed by atoms with E-state index in [4.69, 9.17) is 0 Å². The molecule has 30 heavy (non-hydrogen) atoms. The minimum atomic E-state index is -2.85. The van der Waals surface area contributed by atoms with Gasteiger partial charge in [-0.05, 0) is 97.1 Å². The van der Waals surface area contributed by atoms with Crippen molar-refractivity contribution < 1.29 is 22.3 Å². The predicted octanol–water partition coefficient (Wildman–Crippen LogP) is 7.37. The van der Waals surface area contributed by atoms with Gasteiger partial charge < -0.3 is 4.74 Å². The maximum atomic E-state index is 14.4. The molecule has 0 saturated heterocycles. The molecule has 1 fully saturated rings. The molecule has 1 nitrogen and oxygen atoms in total. The van der Waals surface area contributed by atoms with Crippen LogP contribution in [0.25, 0.3) is 0 Å². The maximum absolute atomic E-state index is 14.4. The first-order valence-electron chi connectivity index (χ1n) is 10.6. The second-order valence-corrected chi connectivity index (χ2v) is 8.44. The van der Waals surface area contributed by atoms with Gasteiger partial charge in [-0.15, -0.1) is 6.58 Å². The number of benzene rings is 2. The first-order chi connectivity index (χ1) is 14.5. The first kappa shape index (κ1) is 21.0. The predicted molar refractivity (Wildman–Crippen MR) is 109 cm³/mol. The van der Waals surface area contributed by atoms with Crippen molar-refractivity contribution in [2.45, 2.75) is 57.0 Å². The molecule has 0 N–H and O–H groups in total. The molecule has 2 aromatic carbocycles. The fourth-order valence-electron chi connectivity index (χ4n) is 5.73. The number of allylic oxidation sites excluding steroid dienone is 1. The van der Waals surface area contributed by atoms with E-state index in [2.05, 4.69) is 11.3 Å². The molecule has 0 bridgehead atoms. The van der Waals surface area contributed by atoms with Crippen LogP contribution in [0.3, 0.4) is 0 Å². The maximum Gasteiger partial charge on any atom is 0.387 e. The number of halogens is 4. The molecule has 0 heterocycles. The van der Waals surface area contributed by atoms with E-state index in [0.717, 1.165) is 49.3 Å². The van der Waals surface area contributed by atoms with Crippen molar-refractivity contribution in [3.05, 3.63) is 77.4 Å². The van der Waals surface area contributed by atoms with E-state index in [1.54, 1.807) is 12.1 Å². The lowest BCUT2D eigenvalue weighted by Crippen LogP contribution is -2.35. The molecule has 2 aliphatic rings. The Morgan fingerprint density at radius 3 is 2.53 bits per heavy atom. The Hall–Kier alpha value is -2.30. The van der Waals surface area contributed by atoms with Crippen molar-refractivity contribution in [1.82, 2.24) is 0 Å². The van der Waals surface area contributed by atoms with Gasteiger partial charge in [-0.25, -0.2) is 8.78 Å². The Balaban J connectivity index is 1.68. The number of alkyl halides is 2. The van der Waals surface area contributed by atoms with Crippen LogP contribution in [0.15, 0.2) is 49.1 Å². The molecule has 160 valence electrons. The fourth-order valence-corrected chi connectivity index (χ4v) is 5.73. The van der Waals surface area contributed by atoms with Gasteiger partial charge in [-0.1, -0.05) is 18.2 Å². The molecule has 4 rings (SSSR count). The first-order valence-corrected chi connectivity index (χ1v) is 10.6. The molecular weight excluding hydrogens is 392 g/mol. The van der Waals surface area contributed by atoms with Crippen molar-refractivity contribution in [3.8, 4) is 5.75 Å². The van der Waals surface area contributed by atoms with Crippen molar-refractivity contribution in [2.24, 2.45) is 11.8 Å². The third-order valence-electron chi connectivity index (χ3n) is 6.89. The van der Waals surface area contributed by atoms with Crippen LogP contribution in [0.1, 0.15) is 60.6 Å². The Morgan fingerprint density at radius 1 is 1.07 bits per heavy atom. The highest BCUT2D eigenvalue weighted by atomic mass is 19.3. The third kappa shape index (κ3) is 4.12. The Bertz CT molecular complexity index is 893. The smallest absolute Gasteiger partial charge is 0.387 e. The monoisotopic (exact) mass is 418 g/mol. The van der Waals surface area contributed by atoms with Crippen LogP contribution in [0.5, 0.6) is 5.75 Å². The van der Waals surface area contributed by atoms with E-state index in [-0.39, 0.29) is 23.5 Å². The van der Waals surface area contributed by atoms with Crippen LogP contribution < -0.4 is 4.74 Å². The molecule has 0 radical (unpaired) electrons. The minimum Gasteiger partial charge on any atom is -0.435 e. The Morgan fingerprint density at radius 2 is 1.83 bits per heavy atom. The molecule has 0 aliphatic heterocycles. The van der Waals surface area contributed by atoms with Crippen LogP contribution in [-0.2, 0) is 6.42 Å². The Labute approximate surface area is 174 Å². The molecular formula is C25H26F4O. The zero-order valence-electron chi connectivity index (χ0n) is 16.8. The summed E-state index contributed by atoms with van der Waals surface area (Å²) >= 11 is 0. The fraction of sp³-hybridized carbons (Fsp3) is 0.440. The van der Waals surface area contributed by atoms with E-state index in [1.807, 2.05) is 18.2 Å². The second-order valence-electron chi connectivity index (χ2n) is 8.44. The van der Waals surface area contributed by atoms with Crippen LogP contribution in [0.4, 0.5) is 17.6 Å². The quantitative estimate of drug-likeness (QED) is 0.351. The van der Waals surface area contributed by atoms with Gasteiger partial charge in [-0.2, -0.15) is 8.78 Å². The molecule has 1 saturated carbocycles. The molecule has 2 aliphatic carbocycles. The van der Waals surface area contributed by atoms with E-state index in [0.29, 0.717) is 17.9 Å². The number of hydrogen-bond donors (Lipinski definition) is 0.